The van der Waals surface area contributed by atoms with Crippen molar-refractivity contribution in [2.45, 2.75) is 25.7 Å². The van der Waals surface area contributed by atoms with E-state index in [4.69, 9.17) is 9.47 Å². The maximum Gasteiger partial charge on any atom is 0.307 e. The monoisotopic (exact) mass is 307 g/mol. The van der Waals surface area contributed by atoms with Gasteiger partial charge < -0.3 is 19.9 Å². The Morgan fingerprint density at radius 3 is 2.32 bits per heavy atom. The first-order chi connectivity index (χ1) is 10.6. The van der Waals surface area contributed by atoms with Gasteiger partial charge in [0.05, 0.1) is 26.1 Å². The molecule has 2 atom stereocenters. The molecule has 1 aromatic carbocycles. The van der Waals surface area contributed by atoms with Gasteiger partial charge in [-0.25, -0.2) is 0 Å². The SMILES string of the molecule is COc1ccc(NC(=O)[C@@H]2CCCC[C@@H]2C(=O)O)cc1OC. The maximum atomic E-state index is 12.4. The van der Waals surface area contributed by atoms with Crippen molar-refractivity contribution in [3.05, 3.63) is 18.2 Å². The Bertz CT molecular complexity index is 557. The van der Waals surface area contributed by atoms with Gasteiger partial charge in [-0.05, 0) is 25.0 Å². The minimum atomic E-state index is -0.896. The zero-order chi connectivity index (χ0) is 16.1. The van der Waals surface area contributed by atoms with Crippen molar-refractivity contribution in [1.82, 2.24) is 0 Å². The molecule has 0 heterocycles. The number of methoxy groups -OCH3 is 2. The minimum Gasteiger partial charge on any atom is -0.493 e. The Morgan fingerprint density at radius 1 is 1.09 bits per heavy atom. The topological polar surface area (TPSA) is 84.9 Å². The van der Waals surface area contributed by atoms with Crippen LogP contribution < -0.4 is 14.8 Å². The van der Waals surface area contributed by atoms with Crippen LogP contribution in [0.5, 0.6) is 11.5 Å². The number of carboxylic acid groups (broad SMARTS) is 1. The smallest absolute Gasteiger partial charge is 0.307 e. The number of amides is 1. The van der Waals surface area contributed by atoms with Gasteiger partial charge in [0.1, 0.15) is 0 Å². The molecule has 0 spiro atoms. The van der Waals surface area contributed by atoms with E-state index in [1.807, 2.05) is 0 Å². The van der Waals surface area contributed by atoms with Gasteiger partial charge in [0.2, 0.25) is 5.91 Å². The highest BCUT2D eigenvalue weighted by molar-refractivity contribution is 5.95. The number of benzene rings is 1. The number of nitrogens with one attached hydrogen (secondary N) is 1. The van der Waals surface area contributed by atoms with Crippen molar-refractivity contribution in [3.63, 3.8) is 0 Å². The lowest BCUT2D eigenvalue weighted by molar-refractivity contribution is -0.147. The fraction of sp³-hybridized carbons (Fsp3) is 0.500. The van der Waals surface area contributed by atoms with Crippen LogP contribution in [0.15, 0.2) is 18.2 Å². The lowest BCUT2D eigenvalue weighted by Gasteiger charge is -2.27. The van der Waals surface area contributed by atoms with Gasteiger partial charge in [0.25, 0.3) is 0 Å². The average molecular weight is 307 g/mol. The molecule has 120 valence electrons. The number of carbonyl (C=O) groups excluding carboxylic acids is 1. The molecule has 0 unspecified atom stereocenters. The van der Waals surface area contributed by atoms with E-state index >= 15 is 0 Å². The average Bonchev–Trinajstić information content (AvgIpc) is 2.54. The van der Waals surface area contributed by atoms with Gasteiger partial charge in [-0.15, -0.1) is 0 Å². The van der Waals surface area contributed by atoms with Crippen molar-refractivity contribution in [2.24, 2.45) is 11.8 Å². The molecule has 0 bridgehead atoms. The van der Waals surface area contributed by atoms with Crippen LogP contribution in [0, 0.1) is 11.8 Å². The van der Waals surface area contributed by atoms with Gasteiger partial charge in [-0.1, -0.05) is 12.8 Å². The molecule has 1 saturated carbocycles. The number of anilines is 1. The van der Waals surface area contributed by atoms with E-state index in [0.29, 0.717) is 30.0 Å². The maximum absolute atomic E-state index is 12.4. The molecule has 1 aromatic rings. The van der Waals surface area contributed by atoms with Gasteiger partial charge in [0, 0.05) is 11.8 Å². The van der Waals surface area contributed by atoms with Crippen LogP contribution in [0.4, 0.5) is 5.69 Å². The predicted octanol–water partition coefficient (Wildman–Crippen LogP) is 2.53. The third kappa shape index (κ3) is 3.50. The number of ether oxygens (including phenoxy) is 2. The van der Waals surface area contributed by atoms with Crippen LogP contribution in [-0.4, -0.2) is 31.2 Å². The summed E-state index contributed by atoms with van der Waals surface area (Å²) in [5.74, 6) is -1.15. The minimum absolute atomic E-state index is 0.251. The molecule has 0 saturated heterocycles. The van der Waals surface area contributed by atoms with Crippen LogP contribution >= 0.6 is 0 Å². The molecule has 22 heavy (non-hydrogen) atoms. The Kier molecular flexibility index (Phi) is 5.25. The van der Waals surface area contributed by atoms with Crippen LogP contribution in [0.1, 0.15) is 25.7 Å². The van der Waals surface area contributed by atoms with Crippen LogP contribution in [0.2, 0.25) is 0 Å². The van der Waals surface area contributed by atoms with E-state index in [1.54, 1.807) is 18.2 Å². The lowest BCUT2D eigenvalue weighted by Crippen LogP contribution is -2.36. The first kappa shape index (κ1) is 16.1. The normalized spacial score (nSPS) is 21.0. The van der Waals surface area contributed by atoms with Crippen LogP contribution in [0.25, 0.3) is 0 Å². The van der Waals surface area contributed by atoms with Crippen LogP contribution in [-0.2, 0) is 9.59 Å². The van der Waals surface area contributed by atoms with Gasteiger partial charge >= 0.3 is 5.97 Å². The van der Waals surface area contributed by atoms with E-state index in [0.717, 1.165) is 12.8 Å². The second-order valence-corrected chi connectivity index (χ2v) is 5.39. The Labute approximate surface area is 129 Å². The van der Waals surface area contributed by atoms with Gasteiger partial charge in [-0.3, -0.25) is 9.59 Å². The van der Waals surface area contributed by atoms with E-state index in [-0.39, 0.29) is 5.91 Å². The summed E-state index contributed by atoms with van der Waals surface area (Å²) in [7, 11) is 3.06. The third-order valence-corrected chi connectivity index (χ3v) is 4.07. The summed E-state index contributed by atoms with van der Waals surface area (Å²) in [5, 5.41) is 12.0. The number of aliphatic carboxylic acids is 1. The summed E-state index contributed by atoms with van der Waals surface area (Å²) in [4.78, 5) is 23.7. The highest BCUT2D eigenvalue weighted by Gasteiger charge is 2.35. The molecule has 1 aliphatic rings. The summed E-state index contributed by atoms with van der Waals surface area (Å²) in [5.41, 5.74) is 0.567. The first-order valence-electron chi connectivity index (χ1n) is 7.32. The van der Waals surface area contributed by atoms with Gasteiger partial charge in [0.15, 0.2) is 11.5 Å². The summed E-state index contributed by atoms with van der Waals surface area (Å²) < 4.78 is 10.3. The largest absolute Gasteiger partial charge is 0.493 e. The van der Waals surface area contributed by atoms with Crippen molar-refractivity contribution in [2.75, 3.05) is 19.5 Å². The molecule has 6 heteroatoms. The standard InChI is InChI=1S/C16H21NO5/c1-21-13-8-7-10(9-14(13)22-2)17-15(18)11-5-3-4-6-12(11)16(19)20/h7-9,11-12H,3-6H2,1-2H3,(H,17,18)(H,19,20)/t11-,12+/m1/s1. The Balaban J connectivity index is 2.12. The molecule has 1 aliphatic carbocycles. The molecule has 1 fully saturated rings. The molecule has 1 amide bonds. The molecular formula is C16H21NO5. The summed E-state index contributed by atoms with van der Waals surface area (Å²) in [6.07, 6.45) is 2.90. The fourth-order valence-corrected chi connectivity index (χ4v) is 2.89. The number of hydrogen-bond donors (Lipinski definition) is 2. The third-order valence-electron chi connectivity index (χ3n) is 4.07. The molecule has 0 aliphatic heterocycles. The number of carboxylic acids is 1. The highest BCUT2D eigenvalue weighted by Crippen LogP contribution is 2.33. The summed E-state index contributed by atoms with van der Waals surface area (Å²) >= 11 is 0. The Hall–Kier alpha value is -2.24. The van der Waals surface area contributed by atoms with Crippen molar-refractivity contribution in [1.29, 1.82) is 0 Å². The molecule has 6 nitrogen and oxygen atoms in total. The summed E-state index contributed by atoms with van der Waals surface area (Å²) in [6, 6.07) is 5.07. The molecule has 2 N–H and O–H groups in total. The van der Waals surface area contributed by atoms with E-state index in [1.165, 1.54) is 14.2 Å². The number of rotatable bonds is 5. The van der Waals surface area contributed by atoms with Crippen molar-refractivity contribution in [3.8, 4) is 11.5 Å². The second-order valence-electron chi connectivity index (χ2n) is 5.39. The van der Waals surface area contributed by atoms with E-state index in [2.05, 4.69) is 5.32 Å². The number of carbonyl (C=O) groups is 2. The molecule has 2 rings (SSSR count). The first-order valence-corrected chi connectivity index (χ1v) is 7.32. The number of hydrogen-bond acceptors (Lipinski definition) is 4. The zero-order valence-corrected chi connectivity index (χ0v) is 12.8. The molecular weight excluding hydrogens is 286 g/mol. The van der Waals surface area contributed by atoms with Crippen molar-refractivity contribution < 1.29 is 24.2 Å². The molecule has 0 aromatic heterocycles. The Morgan fingerprint density at radius 2 is 1.73 bits per heavy atom. The van der Waals surface area contributed by atoms with E-state index in [9.17, 15) is 14.7 Å². The second kappa shape index (κ2) is 7.15. The lowest BCUT2D eigenvalue weighted by atomic mass is 9.78. The predicted molar refractivity (Wildman–Crippen MR) is 81.3 cm³/mol. The van der Waals surface area contributed by atoms with Crippen molar-refractivity contribution >= 4 is 17.6 Å². The highest BCUT2D eigenvalue weighted by atomic mass is 16.5. The zero-order valence-electron chi connectivity index (χ0n) is 12.8. The quantitative estimate of drug-likeness (QED) is 0.873. The van der Waals surface area contributed by atoms with E-state index < -0.39 is 17.8 Å². The fourth-order valence-electron chi connectivity index (χ4n) is 2.89. The van der Waals surface area contributed by atoms with Gasteiger partial charge in [-0.2, -0.15) is 0 Å². The summed E-state index contributed by atoms with van der Waals surface area (Å²) in [6.45, 7) is 0. The van der Waals surface area contributed by atoms with Crippen LogP contribution in [0.3, 0.4) is 0 Å². The molecule has 0 radical (unpaired) electrons.